The predicted molar refractivity (Wildman–Crippen MR) is 179 cm³/mol. The van der Waals surface area contributed by atoms with Gasteiger partial charge in [-0.25, -0.2) is 4.98 Å². The normalized spacial score (nSPS) is 17.4. The van der Waals surface area contributed by atoms with Crippen LogP contribution in [-0.2, 0) is 22.4 Å². The van der Waals surface area contributed by atoms with E-state index in [0.717, 1.165) is 43.6 Å². The molecule has 2 aliphatic rings. The number of nitrogens with zero attached hydrogens (tertiary/aromatic N) is 4. The SMILES string of the molecule is Cl.O=C(C[C@H](CCc1ccccc1)n1cnc(C(=O)N2CCNC[C@H]2Cc2ccccc2)c1-c1ccccc1)N1CCOCC1. The van der Waals surface area contributed by atoms with Gasteiger partial charge in [0.1, 0.15) is 0 Å². The number of carbonyl (C=O) groups excluding carboxylic acids is 2. The molecule has 45 heavy (non-hydrogen) atoms. The molecule has 9 heteroatoms. The molecule has 1 N–H and O–H groups in total. The second-order valence-corrected chi connectivity index (χ2v) is 11.6. The topological polar surface area (TPSA) is 79.7 Å². The highest BCUT2D eigenvalue weighted by atomic mass is 35.5. The number of imidazole rings is 1. The van der Waals surface area contributed by atoms with Crippen molar-refractivity contribution in [3.63, 3.8) is 0 Å². The molecule has 3 heterocycles. The van der Waals surface area contributed by atoms with Crippen molar-refractivity contribution in [2.24, 2.45) is 0 Å². The third-order valence-corrected chi connectivity index (χ3v) is 8.75. The van der Waals surface area contributed by atoms with E-state index in [0.29, 0.717) is 45.0 Å². The van der Waals surface area contributed by atoms with Gasteiger partial charge in [-0.2, -0.15) is 0 Å². The summed E-state index contributed by atoms with van der Waals surface area (Å²) < 4.78 is 7.59. The molecular formula is C36H42ClN5O3. The Hall–Kier alpha value is -3.98. The van der Waals surface area contributed by atoms with Crippen LogP contribution in [0.15, 0.2) is 97.3 Å². The lowest BCUT2D eigenvalue weighted by Gasteiger charge is -2.36. The average Bonchev–Trinajstić information content (AvgIpc) is 3.53. The van der Waals surface area contributed by atoms with Crippen LogP contribution in [0.2, 0.25) is 0 Å². The van der Waals surface area contributed by atoms with E-state index < -0.39 is 0 Å². The van der Waals surface area contributed by atoms with Crippen LogP contribution < -0.4 is 5.32 Å². The number of piperazine rings is 1. The molecule has 2 fully saturated rings. The Morgan fingerprint density at radius 1 is 0.867 bits per heavy atom. The molecule has 3 aromatic carbocycles. The number of halogens is 1. The summed E-state index contributed by atoms with van der Waals surface area (Å²) in [6.07, 6.45) is 4.45. The first kappa shape index (κ1) is 32.4. The monoisotopic (exact) mass is 627 g/mol. The van der Waals surface area contributed by atoms with Crippen molar-refractivity contribution in [1.82, 2.24) is 24.7 Å². The van der Waals surface area contributed by atoms with Gasteiger partial charge >= 0.3 is 0 Å². The van der Waals surface area contributed by atoms with Gasteiger partial charge in [-0.15, -0.1) is 12.4 Å². The second kappa shape index (κ2) is 15.8. The number of morpholine rings is 1. The number of hydrogen-bond donors (Lipinski definition) is 1. The molecule has 2 amide bonds. The number of rotatable bonds is 10. The molecule has 1 aromatic heterocycles. The largest absolute Gasteiger partial charge is 0.378 e. The zero-order chi connectivity index (χ0) is 30.1. The average molecular weight is 628 g/mol. The smallest absolute Gasteiger partial charge is 0.275 e. The van der Waals surface area contributed by atoms with E-state index in [4.69, 9.17) is 9.72 Å². The molecule has 6 rings (SSSR count). The molecule has 236 valence electrons. The first-order chi connectivity index (χ1) is 21.7. The van der Waals surface area contributed by atoms with Crippen LogP contribution in [0.3, 0.4) is 0 Å². The number of aryl methyl sites for hydroxylation is 1. The van der Waals surface area contributed by atoms with E-state index in [-0.39, 0.29) is 36.3 Å². The molecule has 2 atom stereocenters. The number of nitrogens with one attached hydrogen (secondary N) is 1. The summed E-state index contributed by atoms with van der Waals surface area (Å²) in [4.78, 5) is 36.7. The lowest BCUT2D eigenvalue weighted by atomic mass is 10.00. The Bertz CT molecular complexity index is 1510. The summed E-state index contributed by atoms with van der Waals surface area (Å²) in [5.74, 6) is 0.0447. The molecule has 0 bridgehead atoms. The number of ether oxygens (including phenoxy) is 1. The van der Waals surface area contributed by atoms with Crippen LogP contribution in [0, 0.1) is 0 Å². The maximum absolute atomic E-state index is 14.4. The summed E-state index contributed by atoms with van der Waals surface area (Å²) >= 11 is 0. The summed E-state index contributed by atoms with van der Waals surface area (Å²) in [5, 5.41) is 3.48. The minimum absolute atomic E-state index is 0. The first-order valence-corrected chi connectivity index (χ1v) is 15.7. The van der Waals surface area contributed by atoms with E-state index in [2.05, 4.69) is 34.1 Å². The lowest BCUT2D eigenvalue weighted by Crippen LogP contribution is -2.54. The highest BCUT2D eigenvalue weighted by Gasteiger charge is 2.33. The highest BCUT2D eigenvalue weighted by molar-refractivity contribution is 5.98. The van der Waals surface area contributed by atoms with Gasteiger partial charge < -0.3 is 24.4 Å². The molecule has 0 radical (unpaired) electrons. The Labute approximate surface area is 271 Å². The number of hydrogen-bond acceptors (Lipinski definition) is 5. The van der Waals surface area contributed by atoms with Crippen molar-refractivity contribution in [1.29, 1.82) is 0 Å². The molecule has 2 saturated heterocycles. The molecule has 0 spiro atoms. The summed E-state index contributed by atoms with van der Waals surface area (Å²) in [6, 6.07) is 30.6. The zero-order valence-electron chi connectivity index (χ0n) is 25.6. The van der Waals surface area contributed by atoms with Crippen LogP contribution in [0.5, 0.6) is 0 Å². The third kappa shape index (κ3) is 8.00. The number of aromatic nitrogens is 2. The fourth-order valence-electron chi connectivity index (χ4n) is 6.37. The number of carbonyl (C=O) groups is 2. The van der Waals surface area contributed by atoms with Crippen LogP contribution in [0.25, 0.3) is 11.3 Å². The van der Waals surface area contributed by atoms with Crippen LogP contribution >= 0.6 is 12.4 Å². The molecule has 0 aliphatic carbocycles. The first-order valence-electron chi connectivity index (χ1n) is 15.7. The Kier molecular flexibility index (Phi) is 11.4. The van der Waals surface area contributed by atoms with Crippen molar-refractivity contribution in [2.75, 3.05) is 45.9 Å². The molecule has 2 aliphatic heterocycles. The Morgan fingerprint density at radius 2 is 1.51 bits per heavy atom. The zero-order valence-corrected chi connectivity index (χ0v) is 26.4. The molecular weight excluding hydrogens is 586 g/mol. The third-order valence-electron chi connectivity index (χ3n) is 8.75. The van der Waals surface area contributed by atoms with Gasteiger partial charge in [0.2, 0.25) is 5.91 Å². The minimum atomic E-state index is -0.169. The summed E-state index contributed by atoms with van der Waals surface area (Å²) in [6.45, 7) is 4.43. The summed E-state index contributed by atoms with van der Waals surface area (Å²) in [5.41, 5.74) is 4.57. The second-order valence-electron chi connectivity index (χ2n) is 11.6. The molecule has 4 aromatic rings. The van der Waals surface area contributed by atoms with Crippen molar-refractivity contribution in [2.45, 2.75) is 37.8 Å². The van der Waals surface area contributed by atoms with Crippen LogP contribution in [-0.4, -0.2) is 83.1 Å². The van der Waals surface area contributed by atoms with Crippen molar-refractivity contribution in [3.8, 4) is 11.3 Å². The van der Waals surface area contributed by atoms with E-state index in [1.54, 1.807) is 6.33 Å². The van der Waals surface area contributed by atoms with Gasteiger partial charge in [0, 0.05) is 56.8 Å². The Morgan fingerprint density at radius 3 is 2.20 bits per heavy atom. The van der Waals surface area contributed by atoms with E-state index in [1.807, 2.05) is 76.5 Å². The van der Waals surface area contributed by atoms with Crippen molar-refractivity contribution in [3.05, 3.63) is 114 Å². The Balaban J connectivity index is 0.00000400. The highest BCUT2D eigenvalue weighted by Crippen LogP contribution is 2.32. The maximum atomic E-state index is 14.4. The molecule has 0 saturated carbocycles. The maximum Gasteiger partial charge on any atom is 0.275 e. The summed E-state index contributed by atoms with van der Waals surface area (Å²) in [7, 11) is 0. The van der Waals surface area contributed by atoms with Gasteiger partial charge in [0.15, 0.2) is 5.69 Å². The van der Waals surface area contributed by atoms with Crippen molar-refractivity contribution < 1.29 is 14.3 Å². The molecule has 8 nitrogen and oxygen atoms in total. The quantitative estimate of drug-likeness (QED) is 0.266. The molecule has 0 unspecified atom stereocenters. The van der Waals surface area contributed by atoms with Crippen LogP contribution in [0.4, 0.5) is 0 Å². The van der Waals surface area contributed by atoms with E-state index in [1.165, 1.54) is 11.1 Å². The number of amides is 2. The number of benzene rings is 3. The van der Waals surface area contributed by atoms with E-state index >= 15 is 0 Å². The van der Waals surface area contributed by atoms with E-state index in [9.17, 15) is 9.59 Å². The van der Waals surface area contributed by atoms with Gasteiger partial charge in [0.05, 0.1) is 25.2 Å². The minimum Gasteiger partial charge on any atom is -0.378 e. The fraction of sp³-hybridized carbons (Fsp3) is 0.361. The van der Waals surface area contributed by atoms with Gasteiger partial charge in [0.25, 0.3) is 5.91 Å². The van der Waals surface area contributed by atoms with Gasteiger partial charge in [-0.05, 0) is 30.4 Å². The van der Waals surface area contributed by atoms with Crippen LogP contribution in [0.1, 0.15) is 40.5 Å². The predicted octanol–water partition coefficient (Wildman–Crippen LogP) is 5.05. The van der Waals surface area contributed by atoms with Gasteiger partial charge in [-0.3, -0.25) is 9.59 Å². The van der Waals surface area contributed by atoms with Gasteiger partial charge in [-0.1, -0.05) is 91.0 Å². The lowest BCUT2D eigenvalue weighted by molar-refractivity contribution is -0.136. The fourth-order valence-corrected chi connectivity index (χ4v) is 6.37. The standard InChI is InChI=1S/C36H41N5O3.ClH/c42-33(39-20-22-44-23-21-39)25-31(17-16-28-10-4-1-5-11-28)41-27-38-34(35(41)30-14-8-3-9-15-30)36(43)40-19-18-37-26-32(40)24-29-12-6-2-7-13-29;/h1-15,27,31-32,37H,16-26H2;1H/t31-,32+;/m0./s1. The van der Waals surface area contributed by atoms with Crippen molar-refractivity contribution >= 4 is 24.2 Å².